The van der Waals surface area contributed by atoms with Crippen molar-refractivity contribution in [2.75, 3.05) is 13.1 Å². The molecule has 1 saturated heterocycles. The lowest BCUT2D eigenvalue weighted by Gasteiger charge is -2.13. The van der Waals surface area contributed by atoms with Crippen LogP contribution >= 0.6 is 0 Å². The Balaban J connectivity index is 1.94. The SMILES string of the molecule is O[C@@H]1CN(Cc2ccncc2)C[C@@H]1O. The minimum atomic E-state index is -0.600. The van der Waals surface area contributed by atoms with E-state index in [4.69, 9.17) is 0 Å². The molecule has 14 heavy (non-hydrogen) atoms. The van der Waals surface area contributed by atoms with Gasteiger partial charge in [0.25, 0.3) is 0 Å². The lowest BCUT2D eigenvalue weighted by Crippen LogP contribution is -2.22. The highest BCUT2D eigenvalue weighted by molar-refractivity contribution is 5.09. The molecule has 0 aliphatic carbocycles. The predicted molar refractivity (Wildman–Crippen MR) is 51.5 cm³/mol. The van der Waals surface area contributed by atoms with E-state index in [1.807, 2.05) is 17.0 Å². The lowest BCUT2D eigenvalue weighted by molar-refractivity contribution is 0.0572. The van der Waals surface area contributed by atoms with Gasteiger partial charge in [-0.05, 0) is 17.7 Å². The number of hydrogen-bond acceptors (Lipinski definition) is 4. The van der Waals surface area contributed by atoms with Gasteiger partial charge in [-0.1, -0.05) is 0 Å². The molecule has 2 atom stereocenters. The van der Waals surface area contributed by atoms with Crippen molar-refractivity contribution in [3.8, 4) is 0 Å². The summed E-state index contributed by atoms with van der Waals surface area (Å²) in [5, 5.41) is 18.7. The van der Waals surface area contributed by atoms with E-state index >= 15 is 0 Å². The highest BCUT2D eigenvalue weighted by Gasteiger charge is 2.29. The lowest BCUT2D eigenvalue weighted by atomic mass is 10.2. The molecule has 4 nitrogen and oxygen atoms in total. The molecular weight excluding hydrogens is 180 g/mol. The van der Waals surface area contributed by atoms with Crippen molar-refractivity contribution in [3.63, 3.8) is 0 Å². The van der Waals surface area contributed by atoms with E-state index in [1.54, 1.807) is 12.4 Å². The molecule has 1 aliphatic rings. The molecule has 1 aromatic heterocycles. The number of rotatable bonds is 2. The van der Waals surface area contributed by atoms with Crippen LogP contribution in [0.4, 0.5) is 0 Å². The average molecular weight is 194 g/mol. The molecule has 1 fully saturated rings. The standard InChI is InChI=1S/C10H14N2O2/c13-9-6-12(7-10(9)14)5-8-1-3-11-4-2-8/h1-4,9-10,13-14H,5-7H2/t9-,10+. The Labute approximate surface area is 82.8 Å². The number of β-amino-alcohol motifs (C(OH)–C–C–N with tert-alkyl or cyclic N) is 2. The van der Waals surface area contributed by atoms with Gasteiger partial charge in [-0.25, -0.2) is 0 Å². The van der Waals surface area contributed by atoms with Crippen molar-refractivity contribution < 1.29 is 10.2 Å². The van der Waals surface area contributed by atoms with Gasteiger partial charge in [0.2, 0.25) is 0 Å². The van der Waals surface area contributed by atoms with E-state index in [-0.39, 0.29) is 0 Å². The van der Waals surface area contributed by atoms with Crippen LogP contribution in [0.2, 0.25) is 0 Å². The molecule has 0 radical (unpaired) electrons. The fourth-order valence-corrected chi connectivity index (χ4v) is 1.72. The zero-order chi connectivity index (χ0) is 9.97. The number of aliphatic hydroxyl groups is 2. The van der Waals surface area contributed by atoms with Crippen LogP contribution in [0.5, 0.6) is 0 Å². The zero-order valence-electron chi connectivity index (χ0n) is 7.87. The summed E-state index contributed by atoms with van der Waals surface area (Å²) in [5.41, 5.74) is 1.15. The summed E-state index contributed by atoms with van der Waals surface area (Å²) in [5.74, 6) is 0. The Bertz CT molecular complexity index is 281. The largest absolute Gasteiger partial charge is 0.389 e. The maximum absolute atomic E-state index is 9.34. The number of nitrogens with zero attached hydrogens (tertiary/aromatic N) is 2. The molecule has 0 unspecified atom stereocenters. The normalized spacial score (nSPS) is 28.1. The fraction of sp³-hybridized carbons (Fsp3) is 0.500. The van der Waals surface area contributed by atoms with Crippen molar-refractivity contribution in [1.82, 2.24) is 9.88 Å². The van der Waals surface area contributed by atoms with Crippen LogP contribution in [-0.2, 0) is 6.54 Å². The van der Waals surface area contributed by atoms with E-state index in [0.717, 1.165) is 12.1 Å². The fourth-order valence-electron chi connectivity index (χ4n) is 1.72. The van der Waals surface area contributed by atoms with E-state index < -0.39 is 12.2 Å². The first kappa shape index (κ1) is 9.58. The van der Waals surface area contributed by atoms with Gasteiger partial charge in [0.05, 0.1) is 12.2 Å². The zero-order valence-corrected chi connectivity index (χ0v) is 7.87. The molecule has 2 heterocycles. The first-order chi connectivity index (χ1) is 6.75. The minimum absolute atomic E-state index is 0.545. The molecule has 0 saturated carbocycles. The number of aromatic nitrogens is 1. The van der Waals surface area contributed by atoms with E-state index in [1.165, 1.54) is 0 Å². The van der Waals surface area contributed by atoms with Crippen LogP contribution in [0.1, 0.15) is 5.56 Å². The van der Waals surface area contributed by atoms with Crippen LogP contribution < -0.4 is 0 Å². The molecule has 2 N–H and O–H groups in total. The summed E-state index contributed by atoms with van der Waals surface area (Å²) >= 11 is 0. The van der Waals surface area contributed by atoms with Gasteiger partial charge >= 0.3 is 0 Å². The molecule has 0 aromatic carbocycles. The van der Waals surface area contributed by atoms with Crippen LogP contribution in [0, 0.1) is 0 Å². The molecule has 4 heteroatoms. The molecule has 1 aromatic rings. The second-order valence-electron chi connectivity index (χ2n) is 3.68. The van der Waals surface area contributed by atoms with Gasteiger partial charge in [0.15, 0.2) is 0 Å². The Morgan fingerprint density at radius 2 is 1.79 bits per heavy atom. The first-order valence-corrected chi connectivity index (χ1v) is 4.73. The van der Waals surface area contributed by atoms with Crippen LogP contribution in [0.3, 0.4) is 0 Å². The van der Waals surface area contributed by atoms with Crippen molar-refractivity contribution in [2.24, 2.45) is 0 Å². The van der Waals surface area contributed by atoms with Gasteiger partial charge < -0.3 is 10.2 Å². The van der Waals surface area contributed by atoms with Crippen molar-refractivity contribution in [3.05, 3.63) is 30.1 Å². The van der Waals surface area contributed by atoms with Gasteiger partial charge in [-0.2, -0.15) is 0 Å². The van der Waals surface area contributed by atoms with E-state index in [9.17, 15) is 10.2 Å². The predicted octanol–water partition coefficient (Wildman–Crippen LogP) is -0.381. The quantitative estimate of drug-likeness (QED) is 0.674. The third kappa shape index (κ3) is 2.09. The summed E-state index contributed by atoms with van der Waals surface area (Å²) in [6.45, 7) is 1.85. The number of aliphatic hydroxyl groups excluding tert-OH is 2. The Morgan fingerprint density at radius 3 is 2.36 bits per heavy atom. The Hall–Kier alpha value is -0.970. The molecule has 1 aliphatic heterocycles. The van der Waals surface area contributed by atoms with Gasteiger partial charge in [-0.15, -0.1) is 0 Å². The van der Waals surface area contributed by atoms with Crippen LogP contribution in [0.15, 0.2) is 24.5 Å². The van der Waals surface area contributed by atoms with Gasteiger partial charge in [-0.3, -0.25) is 9.88 Å². The topological polar surface area (TPSA) is 56.6 Å². The molecule has 2 rings (SSSR count). The maximum atomic E-state index is 9.34. The summed E-state index contributed by atoms with van der Waals surface area (Å²) in [4.78, 5) is 5.96. The second-order valence-corrected chi connectivity index (χ2v) is 3.68. The summed E-state index contributed by atoms with van der Waals surface area (Å²) in [6, 6.07) is 3.88. The summed E-state index contributed by atoms with van der Waals surface area (Å²) in [6.07, 6.45) is 2.30. The monoisotopic (exact) mass is 194 g/mol. The van der Waals surface area contributed by atoms with E-state index in [2.05, 4.69) is 4.98 Å². The smallest absolute Gasteiger partial charge is 0.0938 e. The molecule has 76 valence electrons. The van der Waals surface area contributed by atoms with Gasteiger partial charge in [0.1, 0.15) is 0 Å². The minimum Gasteiger partial charge on any atom is -0.389 e. The third-order valence-corrected chi connectivity index (χ3v) is 2.49. The highest BCUT2D eigenvalue weighted by atomic mass is 16.3. The Morgan fingerprint density at radius 1 is 1.21 bits per heavy atom. The molecule has 0 amide bonds. The molecular formula is C10H14N2O2. The maximum Gasteiger partial charge on any atom is 0.0938 e. The Kier molecular flexibility index (Phi) is 2.77. The summed E-state index contributed by atoms with van der Waals surface area (Å²) in [7, 11) is 0. The number of pyridine rings is 1. The van der Waals surface area contributed by atoms with Crippen molar-refractivity contribution in [2.45, 2.75) is 18.8 Å². The van der Waals surface area contributed by atoms with E-state index in [0.29, 0.717) is 13.1 Å². The second kappa shape index (κ2) is 4.04. The number of likely N-dealkylation sites (tertiary alicyclic amines) is 1. The third-order valence-electron chi connectivity index (χ3n) is 2.49. The van der Waals surface area contributed by atoms with Crippen LogP contribution in [0.25, 0.3) is 0 Å². The molecule has 0 spiro atoms. The highest BCUT2D eigenvalue weighted by Crippen LogP contribution is 2.13. The van der Waals surface area contributed by atoms with Crippen molar-refractivity contribution in [1.29, 1.82) is 0 Å². The first-order valence-electron chi connectivity index (χ1n) is 4.73. The summed E-state index contributed by atoms with van der Waals surface area (Å²) < 4.78 is 0. The number of hydrogen-bond donors (Lipinski definition) is 2. The van der Waals surface area contributed by atoms with Crippen LogP contribution in [-0.4, -0.2) is 45.4 Å². The van der Waals surface area contributed by atoms with Crippen molar-refractivity contribution >= 4 is 0 Å². The average Bonchev–Trinajstić information content (AvgIpc) is 2.47. The van der Waals surface area contributed by atoms with Gasteiger partial charge in [0, 0.05) is 32.0 Å². The molecule has 0 bridgehead atoms.